The monoisotopic (exact) mass is 294 g/mol. The number of carboxylic acid groups (broad SMARTS) is 1. The Bertz CT molecular complexity index is 563. The van der Waals surface area contributed by atoms with Gasteiger partial charge in [-0.15, -0.1) is 0 Å². The van der Waals surface area contributed by atoms with Crippen molar-refractivity contribution in [3.05, 3.63) is 46.2 Å². The Kier molecular flexibility index (Phi) is 3.28. The predicted molar refractivity (Wildman–Crippen MR) is 67.3 cm³/mol. The molecular formula is C12H11BrN2O2. The first-order valence-corrected chi connectivity index (χ1v) is 5.88. The lowest BCUT2D eigenvalue weighted by molar-refractivity contribution is -0.136. The molecule has 1 N–H and O–H groups in total. The van der Waals surface area contributed by atoms with Gasteiger partial charge in [-0.2, -0.15) is 5.10 Å². The molecule has 0 fully saturated rings. The highest BCUT2D eigenvalue weighted by molar-refractivity contribution is 9.10. The van der Waals surface area contributed by atoms with E-state index in [9.17, 15) is 4.79 Å². The number of aromatic nitrogens is 2. The molecule has 1 aromatic heterocycles. The van der Waals surface area contributed by atoms with Gasteiger partial charge in [0.2, 0.25) is 0 Å². The zero-order chi connectivity index (χ0) is 12.4. The summed E-state index contributed by atoms with van der Waals surface area (Å²) in [6, 6.07) is 7.58. The fourth-order valence-electron chi connectivity index (χ4n) is 1.62. The summed E-state index contributed by atoms with van der Waals surface area (Å²) in [5.74, 6) is -0.872. The summed E-state index contributed by atoms with van der Waals surface area (Å²) in [6.07, 6.45) is 1.72. The Hall–Kier alpha value is -1.62. The molecule has 0 aliphatic rings. The maximum atomic E-state index is 10.6. The number of aryl methyl sites for hydroxylation is 1. The summed E-state index contributed by atoms with van der Waals surface area (Å²) in [7, 11) is 0. The molecule has 5 heteroatoms. The summed E-state index contributed by atoms with van der Waals surface area (Å²) in [6.45, 7) is 1.98. The molecule has 17 heavy (non-hydrogen) atoms. The van der Waals surface area contributed by atoms with E-state index in [0.29, 0.717) is 5.69 Å². The van der Waals surface area contributed by atoms with Crippen LogP contribution in [0.25, 0.3) is 5.69 Å². The predicted octanol–water partition coefficient (Wildman–Crippen LogP) is 2.57. The molecule has 1 heterocycles. The van der Waals surface area contributed by atoms with Crippen molar-refractivity contribution in [2.75, 3.05) is 0 Å². The molecule has 0 radical (unpaired) electrons. The van der Waals surface area contributed by atoms with E-state index in [1.165, 1.54) is 0 Å². The first kappa shape index (κ1) is 11.9. The van der Waals surface area contributed by atoms with Gasteiger partial charge in [0.1, 0.15) is 0 Å². The van der Waals surface area contributed by atoms with Gasteiger partial charge >= 0.3 is 5.97 Å². The maximum Gasteiger partial charge on any atom is 0.309 e. The van der Waals surface area contributed by atoms with Crippen molar-refractivity contribution < 1.29 is 9.90 Å². The second-order valence-corrected chi connectivity index (χ2v) is 4.67. The molecule has 0 spiro atoms. The highest BCUT2D eigenvalue weighted by Crippen LogP contribution is 2.19. The lowest BCUT2D eigenvalue weighted by Crippen LogP contribution is -2.03. The van der Waals surface area contributed by atoms with Gasteiger partial charge in [-0.1, -0.05) is 15.9 Å². The van der Waals surface area contributed by atoms with Crippen molar-refractivity contribution in [2.24, 2.45) is 0 Å². The third-order valence-corrected chi connectivity index (χ3v) is 2.88. The van der Waals surface area contributed by atoms with Crippen LogP contribution >= 0.6 is 15.9 Å². The van der Waals surface area contributed by atoms with E-state index >= 15 is 0 Å². The first-order valence-electron chi connectivity index (χ1n) is 5.09. The molecule has 0 aliphatic heterocycles. The molecular weight excluding hydrogens is 284 g/mol. The van der Waals surface area contributed by atoms with Gasteiger partial charge in [-0.25, -0.2) is 4.68 Å². The van der Waals surface area contributed by atoms with Gasteiger partial charge < -0.3 is 5.11 Å². The van der Waals surface area contributed by atoms with Crippen molar-refractivity contribution in [1.29, 1.82) is 0 Å². The molecule has 0 amide bonds. The van der Waals surface area contributed by atoms with Gasteiger partial charge in [-0.3, -0.25) is 4.79 Å². The molecule has 0 unspecified atom stereocenters. The molecule has 0 atom stereocenters. The SMILES string of the molecule is Cc1cc(Br)ccc1-n1ccc(CC(=O)O)n1. The van der Waals surface area contributed by atoms with Crippen LogP contribution in [-0.4, -0.2) is 20.9 Å². The number of rotatable bonds is 3. The number of halogens is 1. The van der Waals surface area contributed by atoms with Crippen molar-refractivity contribution in [1.82, 2.24) is 9.78 Å². The average Bonchev–Trinajstić information content (AvgIpc) is 2.65. The van der Waals surface area contributed by atoms with E-state index in [1.54, 1.807) is 16.9 Å². The topological polar surface area (TPSA) is 55.1 Å². The van der Waals surface area contributed by atoms with E-state index in [2.05, 4.69) is 21.0 Å². The van der Waals surface area contributed by atoms with Gasteiger partial charge in [0, 0.05) is 10.7 Å². The Balaban J connectivity index is 2.33. The number of hydrogen-bond donors (Lipinski definition) is 1. The molecule has 0 saturated heterocycles. The van der Waals surface area contributed by atoms with Crippen LogP contribution in [0.5, 0.6) is 0 Å². The summed E-state index contributed by atoms with van der Waals surface area (Å²) < 4.78 is 2.71. The van der Waals surface area contributed by atoms with Crippen molar-refractivity contribution in [3.8, 4) is 5.69 Å². The smallest absolute Gasteiger partial charge is 0.309 e. The zero-order valence-electron chi connectivity index (χ0n) is 9.22. The summed E-state index contributed by atoms with van der Waals surface area (Å²) >= 11 is 3.40. The summed E-state index contributed by atoms with van der Waals surface area (Å²) in [5.41, 5.74) is 2.58. The third-order valence-electron chi connectivity index (χ3n) is 2.38. The van der Waals surface area contributed by atoms with Crippen molar-refractivity contribution in [3.63, 3.8) is 0 Å². The molecule has 2 rings (SSSR count). The number of carbonyl (C=O) groups is 1. The quantitative estimate of drug-likeness (QED) is 0.947. The lowest BCUT2D eigenvalue weighted by Gasteiger charge is -2.05. The fourth-order valence-corrected chi connectivity index (χ4v) is 2.10. The van der Waals surface area contributed by atoms with E-state index in [0.717, 1.165) is 15.7 Å². The molecule has 4 nitrogen and oxygen atoms in total. The lowest BCUT2D eigenvalue weighted by atomic mass is 10.2. The fraction of sp³-hybridized carbons (Fsp3) is 0.167. The van der Waals surface area contributed by atoms with Crippen LogP contribution in [-0.2, 0) is 11.2 Å². The Morgan fingerprint density at radius 3 is 2.88 bits per heavy atom. The van der Waals surface area contributed by atoms with E-state index in [1.807, 2.05) is 25.1 Å². The summed E-state index contributed by atoms with van der Waals surface area (Å²) in [5, 5.41) is 12.9. The van der Waals surface area contributed by atoms with Gasteiger partial charge in [0.25, 0.3) is 0 Å². The maximum absolute atomic E-state index is 10.6. The molecule has 88 valence electrons. The van der Waals surface area contributed by atoms with Gasteiger partial charge in [0.05, 0.1) is 17.8 Å². The Morgan fingerprint density at radius 2 is 2.24 bits per heavy atom. The molecule has 1 aromatic carbocycles. The van der Waals surface area contributed by atoms with E-state index in [4.69, 9.17) is 5.11 Å². The minimum Gasteiger partial charge on any atom is -0.481 e. The molecule has 0 bridgehead atoms. The third kappa shape index (κ3) is 2.74. The molecule has 0 aliphatic carbocycles. The van der Waals surface area contributed by atoms with Crippen LogP contribution in [0.2, 0.25) is 0 Å². The largest absolute Gasteiger partial charge is 0.481 e. The minimum absolute atomic E-state index is 0.0530. The summed E-state index contributed by atoms with van der Waals surface area (Å²) in [4.78, 5) is 10.6. The first-order chi connectivity index (χ1) is 8.06. The number of hydrogen-bond acceptors (Lipinski definition) is 2. The second-order valence-electron chi connectivity index (χ2n) is 3.75. The zero-order valence-corrected chi connectivity index (χ0v) is 10.8. The average molecular weight is 295 g/mol. The molecule has 2 aromatic rings. The van der Waals surface area contributed by atoms with Crippen LogP contribution in [0.1, 0.15) is 11.3 Å². The van der Waals surface area contributed by atoms with Gasteiger partial charge in [-0.05, 0) is 36.8 Å². The second kappa shape index (κ2) is 4.71. The standard InChI is InChI=1S/C12H11BrN2O2/c1-8-6-9(13)2-3-11(8)15-5-4-10(14-15)7-12(16)17/h2-6H,7H2,1H3,(H,16,17). The van der Waals surface area contributed by atoms with Crippen molar-refractivity contribution in [2.45, 2.75) is 13.3 Å². The van der Waals surface area contributed by atoms with Crippen LogP contribution in [0.3, 0.4) is 0 Å². The van der Waals surface area contributed by atoms with E-state index < -0.39 is 5.97 Å². The molecule has 0 saturated carbocycles. The highest BCUT2D eigenvalue weighted by atomic mass is 79.9. The number of carboxylic acids is 1. The number of aliphatic carboxylic acids is 1. The normalized spacial score (nSPS) is 10.5. The van der Waals surface area contributed by atoms with Crippen molar-refractivity contribution >= 4 is 21.9 Å². The number of benzene rings is 1. The highest BCUT2D eigenvalue weighted by Gasteiger charge is 2.07. The van der Waals surface area contributed by atoms with Crippen LogP contribution in [0, 0.1) is 6.92 Å². The van der Waals surface area contributed by atoms with Crippen LogP contribution < -0.4 is 0 Å². The minimum atomic E-state index is -0.872. The van der Waals surface area contributed by atoms with Gasteiger partial charge in [0.15, 0.2) is 0 Å². The van der Waals surface area contributed by atoms with Crippen LogP contribution in [0.15, 0.2) is 34.9 Å². The Morgan fingerprint density at radius 1 is 1.47 bits per heavy atom. The van der Waals surface area contributed by atoms with Crippen LogP contribution in [0.4, 0.5) is 0 Å². The number of nitrogens with zero attached hydrogens (tertiary/aromatic N) is 2. The van der Waals surface area contributed by atoms with E-state index in [-0.39, 0.29) is 6.42 Å². The Labute approximate surface area is 107 Å².